The Balaban J connectivity index is 1.97. The zero-order valence-corrected chi connectivity index (χ0v) is 18.0. The molecule has 2 bridgehead atoms. The molecule has 4 atom stereocenters. The fourth-order valence-corrected chi connectivity index (χ4v) is 5.04. The van der Waals surface area contributed by atoms with E-state index < -0.39 is 5.41 Å². The minimum atomic E-state index is -1.16. The first-order valence-corrected chi connectivity index (χ1v) is 10.5. The molecule has 2 aliphatic rings. The number of hydrogen-bond acceptors (Lipinski definition) is 2. The van der Waals surface area contributed by atoms with E-state index in [1.165, 1.54) is 5.56 Å². The molecule has 0 heterocycles. The van der Waals surface area contributed by atoms with E-state index in [1.54, 1.807) is 0 Å². The number of nitrogens with one attached hydrogen (secondary N) is 1. The van der Waals surface area contributed by atoms with Crippen molar-refractivity contribution < 1.29 is 4.79 Å². The molecule has 0 aromatic heterocycles. The van der Waals surface area contributed by atoms with Crippen molar-refractivity contribution >= 4 is 5.91 Å². The molecule has 0 radical (unpaired) electrons. The summed E-state index contributed by atoms with van der Waals surface area (Å²) < 4.78 is 0. The van der Waals surface area contributed by atoms with Gasteiger partial charge in [-0.05, 0) is 40.9 Å². The molecule has 3 heteroatoms. The van der Waals surface area contributed by atoms with Gasteiger partial charge in [-0.15, -0.1) is 0 Å². The molecule has 0 aliphatic heterocycles. The number of allylic oxidation sites excluding steroid dienone is 5. The largest absolute Gasteiger partial charge is 0.354 e. The summed E-state index contributed by atoms with van der Waals surface area (Å²) in [6.45, 7) is 13.6. The lowest BCUT2D eigenvalue weighted by Gasteiger charge is -2.42. The summed E-state index contributed by atoms with van der Waals surface area (Å²) in [5.41, 5.74) is 2.10. The first-order valence-electron chi connectivity index (χ1n) is 10.5. The summed E-state index contributed by atoms with van der Waals surface area (Å²) in [5, 5.41) is 13.5. The molecule has 1 aromatic carbocycles. The minimum Gasteiger partial charge on any atom is -0.354 e. The molecule has 0 spiro atoms. The lowest BCUT2D eigenvalue weighted by atomic mass is 9.59. The van der Waals surface area contributed by atoms with Crippen molar-refractivity contribution in [2.75, 3.05) is 6.54 Å². The summed E-state index contributed by atoms with van der Waals surface area (Å²) in [6.07, 6.45) is 9.50. The molecule has 2 aliphatic carbocycles. The van der Waals surface area contributed by atoms with Gasteiger partial charge >= 0.3 is 0 Å². The van der Waals surface area contributed by atoms with Crippen LogP contribution >= 0.6 is 0 Å². The summed E-state index contributed by atoms with van der Waals surface area (Å²) in [4.78, 5) is 13.5. The highest BCUT2D eigenvalue weighted by Gasteiger charge is 2.52. The van der Waals surface area contributed by atoms with Crippen LogP contribution in [-0.2, 0) is 4.79 Å². The lowest BCUT2D eigenvalue weighted by Crippen LogP contribution is -2.48. The number of nitrogens with zero attached hydrogens (tertiary/aromatic N) is 1. The van der Waals surface area contributed by atoms with E-state index in [0.29, 0.717) is 18.9 Å². The first-order chi connectivity index (χ1) is 13.7. The predicted octanol–water partition coefficient (Wildman–Crippen LogP) is 5.64. The molecule has 0 fully saturated rings. The van der Waals surface area contributed by atoms with Gasteiger partial charge in [0.25, 0.3) is 0 Å². The van der Waals surface area contributed by atoms with Gasteiger partial charge in [0.1, 0.15) is 5.41 Å². The van der Waals surface area contributed by atoms with Crippen molar-refractivity contribution in [2.24, 2.45) is 16.7 Å². The van der Waals surface area contributed by atoms with E-state index in [4.69, 9.17) is 0 Å². The topological polar surface area (TPSA) is 52.9 Å². The molecular weight excluding hydrogens is 356 g/mol. The van der Waals surface area contributed by atoms with Gasteiger partial charge in [0, 0.05) is 18.4 Å². The van der Waals surface area contributed by atoms with Gasteiger partial charge in [-0.25, -0.2) is 0 Å². The third-order valence-electron chi connectivity index (χ3n) is 6.05. The lowest BCUT2D eigenvalue weighted by molar-refractivity contribution is -0.129. The number of rotatable bonds is 4. The second-order valence-corrected chi connectivity index (χ2v) is 9.85. The summed E-state index contributed by atoms with van der Waals surface area (Å²) >= 11 is 0. The highest BCUT2D eigenvalue weighted by atomic mass is 16.2. The molecule has 1 amide bonds. The van der Waals surface area contributed by atoms with Gasteiger partial charge in [-0.1, -0.05) is 82.8 Å². The third-order valence-corrected chi connectivity index (χ3v) is 6.05. The maximum absolute atomic E-state index is 13.5. The van der Waals surface area contributed by atoms with Crippen LogP contribution in [0.4, 0.5) is 0 Å². The maximum Gasteiger partial charge on any atom is 0.241 e. The highest BCUT2D eigenvalue weighted by molar-refractivity contribution is 5.88. The number of benzene rings is 1. The molecule has 1 aromatic rings. The van der Waals surface area contributed by atoms with E-state index in [9.17, 15) is 10.1 Å². The van der Waals surface area contributed by atoms with Gasteiger partial charge in [0.2, 0.25) is 5.91 Å². The molecule has 0 saturated carbocycles. The van der Waals surface area contributed by atoms with Crippen LogP contribution in [-0.4, -0.2) is 12.5 Å². The average molecular weight is 389 g/mol. The van der Waals surface area contributed by atoms with E-state index in [0.717, 1.165) is 17.6 Å². The number of nitriles is 1. The molecule has 0 saturated heterocycles. The van der Waals surface area contributed by atoms with Crippen LogP contribution in [0.25, 0.3) is 0 Å². The van der Waals surface area contributed by atoms with Crippen molar-refractivity contribution in [3.05, 3.63) is 71.8 Å². The summed E-state index contributed by atoms with van der Waals surface area (Å²) in [7, 11) is 0. The van der Waals surface area contributed by atoms with Gasteiger partial charge in [-0.2, -0.15) is 5.26 Å². The number of carbonyl (C=O) groups is 1. The van der Waals surface area contributed by atoms with Gasteiger partial charge in [-0.3, -0.25) is 4.79 Å². The summed E-state index contributed by atoms with van der Waals surface area (Å²) in [5.74, 6) is -0.127. The second kappa shape index (κ2) is 8.03. The van der Waals surface area contributed by atoms with Gasteiger partial charge in [0.05, 0.1) is 6.07 Å². The Morgan fingerprint density at radius 2 is 2.00 bits per heavy atom. The molecule has 29 heavy (non-hydrogen) atoms. The minimum absolute atomic E-state index is 0.0374. The predicted molar refractivity (Wildman–Crippen MR) is 118 cm³/mol. The molecule has 1 N–H and O–H groups in total. The van der Waals surface area contributed by atoms with Crippen molar-refractivity contribution in [3.8, 4) is 6.07 Å². The van der Waals surface area contributed by atoms with E-state index in [2.05, 4.69) is 57.8 Å². The Morgan fingerprint density at radius 3 is 2.66 bits per heavy atom. The van der Waals surface area contributed by atoms with Crippen molar-refractivity contribution in [1.82, 2.24) is 5.32 Å². The zero-order valence-electron chi connectivity index (χ0n) is 18.0. The Labute approximate surface area is 175 Å². The summed E-state index contributed by atoms with van der Waals surface area (Å²) in [6, 6.07) is 10.6. The van der Waals surface area contributed by atoms with Gasteiger partial charge in [0.15, 0.2) is 0 Å². The fraction of sp³-hybridized carbons (Fsp3) is 0.462. The Morgan fingerprint density at radius 1 is 1.31 bits per heavy atom. The van der Waals surface area contributed by atoms with Crippen LogP contribution in [0, 0.1) is 28.1 Å². The van der Waals surface area contributed by atoms with Crippen LogP contribution in [0.1, 0.15) is 63.5 Å². The highest BCUT2D eigenvalue weighted by Crippen LogP contribution is 2.54. The van der Waals surface area contributed by atoms with Crippen LogP contribution < -0.4 is 5.32 Å². The Kier molecular flexibility index (Phi) is 5.85. The average Bonchev–Trinajstić information content (AvgIpc) is 2.77. The SMILES string of the molecule is C=C1/C=C\C=C/C2CC(C#N)(C(=O)NCC(C)CC(C)(C)C)C1c1ccccc12. The Bertz CT molecular complexity index is 896. The van der Waals surface area contributed by atoms with Crippen LogP contribution in [0.2, 0.25) is 0 Å². The molecule has 152 valence electrons. The van der Waals surface area contributed by atoms with Crippen LogP contribution in [0.5, 0.6) is 0 Å². The molecule has 3 rings (SSSR count). The maximum atomic E-state index is 13.5. The Hall–Kier alpha value is -2.60. The second-order valence-electron chi connectivity index (χ2n) is 9.85. The van der Waals surface area contributed by atoms with Crippen molar-refractivity contribution in [3.63, 3.8) is 0 Å². The molecule has 4 unspecified atom stereocenters. The van der Waals surface area contributed by atoms with E-state index >= 15 is 0 Å². The fourth-order valence-electron chi connectivity index (χ4n) is 5.04. The quantitative estimate of drug-likeness (QED) is 0.726. The molecular formula is C26H32N2O. The van der Waals surface area contributed by atoms with E-state index in [-0.39, 0.29) is 23.2 Å². The smallest absolute Gasteiger partial charge is 0.241 e. The molecule has 3 nitrogen and oxygen atoms in total. The van der Waals surface area contributed by atoms with Crippen molar-refractivity contribution in [2.45, 2.75) is 52.4 Å². The van der Waals surface area contributed by atoms with Crippen LogP contribution in [0.3, 0.4) is 0 Å². The van der Waals surface area contributed by atoms with Crippen LogP contribution in [0.15, 0.2) is 60.7 Å². The monoisotopic (exact) mass is 388 g/mol. The standard InChI is InChI=1S/C26H32N2O/c1-18(14-25(3,4)5)16-28-24(29)26(17-27)15-20-11-7-6-10-19(2)23(26)22-13-9-8-12-21(20)22/h6-13,18,20,23H,2,14-16H2,1,3-5H3,(H,28,29)/b10-6-,11-7-. The zero-order chi connectivity index (χ0) is 21.2. The van der Waals surface area contributed by atoms with Crippen molar-refractivity contribution in [1.29, 1.82) is 5.26 Å². The number of fused-ring (bicyclic) bond motifs is 6. The van der Waals surface area contributed by atoms with Gasteiger partial charge < -0.3 is 5.32 Å². The first kappa shape index (κ1) is 21.1. The number of carbonyl (C=O) groups excluding carboxylic acids is 1. The van der Waals surface area contributed by atoms with E-state index in [1.807, 2.05) is 36.4 Å². The number of amides is 1. The third kappa shape index (κ3) is 4.22. The normalized spacial score (nSPS) is 28.9. The number of hydrogen-bond donors (Lipinski definition) is 1.